The van der Waals surface area contributed by atoms with Crippen molar-refractivity contribution >= 4 is 16.0 Å². The molecule has 0 saturated heterocycles. The Hall–Kier alpha value is -3.17. The molecule has 2 aromatic carbocycles. The predicted octanol–water partition coefficient (Wildman–Crippen LogP) is 2.80. The van der Waals surface area contributed by atoms with Crippen LogP contribution in [0.4, 0.5) is 0 Å². The summed E-state index contributed by atoms with van der Waals surface area (Å²) in [6.45, 7) is 2.26. The number of carbonyl (C=O) groups excluding carboxylic acids is 1. The van der Waals surface area contributed by atoms with Gasteiger partial charge in [-0.25, -0.2) is 17.9 Å². The summed E-state index contributed by atoms with van der Waals surface area (Å²) >= 11 is 0. The van der Waals surface area contributed by atoms with Crippen molar-refractivity contribution in [2.45, 2.75) is 24.8 Å². The molecule has 162 valence electrons. The van der Waals surface area contributed by atoms with E-state index in [0.29, 0.717) is 17.7 Å². The first-order valence-electron chi connectivity index (χ1n) is 9.93. The van der Waals surface area contributed by atoms with Crippen molar-refractivity contribution in [1.29, 1.82) is 0 Å². The van der Waals surface area contributed by atoms with Crippen LogP contribution in [0.15, 0.2) is 59.5 Å². The average molecular weight is 442 g/mol. The first-order chi connectivity index (χ1) is 15.0. The van der Waals surface area contributed by atoms with Crippen LogP contribution in [0.2, 0.25) is 0 Å². The molecule has 0 amide bonds. The zero-order valence-corrected chi connectivity index (χ0v) is 18.1. The third-order valence-corrected chi connectivity index (χ3v) is 7.05. The zero-order chi connectivity index (χ0) is 22.0. The number of nitrogens with zero attached hydrogens (tertiary/aromatic N) is 3. The second-order valence-electron chi connectivity index (χ2n) is 7.01. The van der Waals surface area contributed by atoms with Crippen molar-refractivity contribution in [2.24, 2.45) is 0 Å². The molecule has 0 radical (unpaired) electrons. The smallest absolute Gasteiger partial charge is 0.359 e. The largest absolute Gasteiger partial charge is 0.497 e. The van der Waals surface area contributed by atoms with E-state index in [2.05, 4.69) is 5.10 Å². The van der Waals surface area contributed by atoms with Crippen molar-refractivity contribution in [3.8, 4) is 11.4 Å². The summed E-state index contributed by atoms with van der Waals surface area (Å²) in [6.07, 6.45) is 0.423. The highest BCUT2D eigenvalue weighted by atomic mass is 32.2. The van der Waals surface area contributed by atoms with Crippen LogP contribution in [0.3, 0.4) is 0 Å². The highest BCUT2D eigenvalue weighted by Gasteiger charge is 2.34. The minimum atomic E-state index is -3.75. The van der Waals surface area contributed by atoms with E-state index in [4.69, 9.17) is 9.47 Å². The third kappa shape index (κ3) is 3.94. The number of esters is 1. The molecule has 0 fully saturated rings. The fourth-order valence-electron chi connectivity index (χ4n) is 3.64. The van der Waals surface area contributed by atoms with Crippen LogP contribution in [0.25, 0.3) is 5.69 Å². The number of rotatable bonds is 6. The lowest BCUT2D eigenvalue weighted by atomic mass is 10.1. The second-order valence-corrected chi connectivity index (χ2v) is 8.94. The summed E-state index contributed by atoms with van der Waals surface area (Å²) in [6, 6.07) is 15.7. The van der Waals surface area contributed by atoms with Gasteiger partial charge in [-0.3, -0.25) is 0 Å². The van der Waals surface area contributed by atoms with E-state index in [9.17, 15) is 13.2 Å². The SMILES string of the molecule is CCOC(=O)c1nn(-c2ccccc2)c2c1CN(S(=O)(=O)c1ccc(OC)cc1)CC2. The van der Waals surface area contributed by atoms with Gasteiger partial charge in [0.1, 0.15) is 5.75 Å². The Kier molecular flexibility index (Phi) is 5.79. The van der Waals surface area contributed by atoms with Crippen molar-refractivity contribution in [3.63, 3.8) is 0 Å². The first-order valence-corrected chi connectivity index (χ1v) is 11.4. The number of hydrogen-bond donors (Lipinski definition) is 0. The normalized spacial score (nSPS) is 14.1. The van der Waals surface area contributed by atoms with Gasteiger partial charge in [0.25, 0.3) is 0 Å². The molecule has 4 rings (SSSR count). The van der Waals surface area contributed by atoms with Gasteiger partial charge in [0.15, 0.2) is 5.69 Å². The van der Waals surface area contributed by atoms with Gasteiger partial charge in [-0.15, -0.1) is 0 Å². The molecule has 1 aliphatic heterocycles. The Labute approximate surface area is 181 Å². The van der Waals surface area contributed by atoms with Crippen LogP contribution < -0.4 is 4.74 Å². The lowest BCUT2D eigenvalue weighted by Crippen LogP contribution is -2.36. The van der Waals surface area contributed by atoms with Gasteiger partial charge in [0.2, 0.25) is 10.0 Å². The van der Waals surface area contributed by atoms with Gasteiger partial charge in [-0.1, -0.05) is 18.2 Å². The molecule has 0 aliphatic carbocycles. The van der Waals surface area contributed by atoms with Gasteiger partial charge >= 0.3 is 5.97 Å². The Morgan fingerprint density at radius 1 is 1.10 bits per heavy atom. The topological polar surface area (TPSA) is 90.7 Å². The van der Waals surface area contributed by atoms with Gasteiger partial charge in [-0.05, 0) is 43.3 Å². The van der Waals surface area contributed by atoms with E-state index >= 15 is 0 Å². The van der Waals surface area contributed by atoms with Gasteiger partial charge in [0.05, 0.1) is 30.0 Å². The van der Waals surface area contributed by atoms with Crippen LogP contribution in [0, 0.1) is 0 Å². The van der Waals surface area contributed by atoms with E-state index in [1.807, 2.05) is 30.3 Å². The summed E-state index contributed by atoms with van der Waals surface area (Å²) in [5, 5.41) is 4.50. The van der Waals surface area contributed by atoms with Crippen LogP contribution in [-0.4, -0.2) is 48.7 Å². The molecular formula is C22H23N3O5S. The van der Waals surface area contributed by atoms with Crippen molar-refractivity contribution < 1.29 is 22.7 Å². The molecule has 2 heterocycles. The van der Waals surface area contributed by atoms with E-state index in [1.165, 1.54) is 23.5 Å². The molecule has 0 spiro atoms. The number of carbonyl (C=O) groups is 1. The summed E-state index contributed by atoms with van der Waals surface area (Å²) in [7, 11) is -2.23. The van der Waals surface area contributed by atoms with Crippen molar-refractivity contribution in [1.82, 2.24) is 14.1 Å². The second kappa shape index (κ2) is 8.52. The van der Waals surface area contributed by atoms with Gasteiger partial charge < -0.3 is 9.47 Å². The Morgan fingerprint density at radius 3 is 2.45 bits per heavy atom. The predicted molar refractivity (Wildman–Crippen MR) is 114 cm³/mol. The maximum atomic E-state index is 13.2. The summed E-state index contributed by atoms with van der Waals surface area (Å²) < 4.78 is 39.8. The number of sulfonamides is 1. The molecule has 9 heteroatoms. The number of hydrogen-bond acceptors (Lipinski definition) is 6. The van der Waals surface area contributed by atoms with E-state index < -0.39 is 16.0 Å². The van der Waals surface area contributed by atoms with E-state index in [-0.39, 0.29) is 30.3 Å². The number of methoxy groups -OCH3 is 1. The first kappa shape index (κ1) is 21.1. The van der Waals surface area contributed by atoms with Crippen LogP contribution in [0.1, 0.15) is 28.7 Å². The highest BCUT2D eigenvalue weighted by Crippen LogP contribution is 2.30. The van der Waals surface area contributed by atoms with Crippen LogP contribution in [0.5, 0.6) is 5.75 Å². The number of para-hydroxylation sites is 1. The van der Waals surface area contributed by atoms with Crippen molar-refractivity contribution in [3.05, 3.63) is 71.5 Å². The fourth-order valence-corrected chi connectivity index (χ4v) is 5.05. The molecule has 1 aliphatic rings. The third-order valence-electron chi connectivity index (χ3n) is 5.19. The number of aromatic nitrogens is 2. The Morgan fingerprint density at radius 2 is 1.81 bits per heavy atom. The summed E-state index contributed by atoms with van der Waals surface area (Å²) in [5.41, 5.74) is 2.34. The molecule has 0 atom stereocenters. The lowest BCUT2D eigenvalue weighted by molar-refractivity contribution is 0.0517. The summed E-state index contributed by atoms with van der Waals surface area (Å²) in [4.78, 5) is 12.7. The maximum absolute atomic E-state index is 13.2. The number of fused-ring (bicyclic) bond motifs is 1. The molecule has 0 bridgehead atoms. The average Bonchev–Trinajstić information content (AvgIpc) is 3.19. The highest BCUT2D eigenvalue weighted by molar-refractivity contribution is 7.89. The molecule has 3 aromatic rings. The van der Waals surface area contributed by atoms with Crippen LogP contribution in [-0.2, 0) is 27.7 Å². The molecule has 0 saturated carbocycles. The maximum Gasteiger partial charge on any atom is 0.359 e. The molecule has 0 N–H and O–H groups in total. The molecular weight excluding hydrogens is 418 g/mol. The Bertz CT molecular complexity index is 1190. The quantitative estimate of drug-likeness (QED) is 0.547. The monoisotopic (exact) mass is 441 g/mol. The minimum Gasteiger partial charge on any atom is -0.497 e. The molecule has 0 unspecified atom stereocenters. The lowest BCUT2D eigenvalue weighted by Gasteiger charge is -2.27. The van der Waals surface area contributed by atoms with Gasteiger partial charge in [0, 0.05) is 25.1 Å². The number of ether oxygens (including phenoxy) is 2. The summed E-state index contributed by atoms with van der Waals surface area (Å²) in [5.74, 6) is 0.0192. The van der Waals surface area contributed by atoms with E-state index in [1.54, 1.807) is 23.7 Å². The standard InChI is InChI=1S/C22H23N3O5S/c1-3-30-22(26)21-19-15-24(31(27,28)18-11-9-17(29-2)10-12-18)14-13-20(19)25(23-21)16-7-5-4-6-8-16/h4-12H,3,13-15H2,1-2H3. The minimum absolute atomic E-state index is 0.0463. The van der Waals surface area contributed by atoms with Crippen molar-refractivity contribution in [2.75, 3.05) is 20.3 Å². The van der Waals surface area contributed by atoms with Crippen LogP contribution >= 0.6 is 0 Å². The molecule has 8 nitrogen and oxygen atoms in total. The number of benzene rings is 2. The Balaban J connectivity index is 1.73. The zero-order valence-electron chi connectivity index (χ0n) is 17.3. The molecule has 1 aromatic heterocycles. The van der Waals surface area contributed by atoms with Gasteiger partial charge in [-0.2, -0.15) is 9.40 Å². The molecule has 31 heavy (non-hydrogen) atoms. The fraction of sp³-hybridized carbons (Fsp3) is 0.273. The van der Waals surface area contributed by atoms with E-state index in [0.717, 1.165) is 11.4 Å².